The number of ether oxygens (including phenoxy) is 7. The minimum Gasteiger partial charge on any atom is -0.477 e. The molecule has 342 valence electrons. The van der Waals surface area contributed by atoms with Gasteiger partial charge in [-0.1, -0.05) is 0 Å². The zero-order valence-corrected chi connectivity index (χ0v) is 32.3. The van der Waals surface area contributed by atoms with E-state index in [-0.39, 0.29) is 0 Å². The molecule has 4 saturated heterocycles. The van der Waals surface area contributed by atoms with E-state index in [1.54, 1.807) is 0 Å². The molecule has 4 fully saturated rings. The van der Waals surface area contributed by atoms with E-state index in [1.807, 2.05) is 0 Å². The van der Waals surface area contributed by atoms with Crippen LogP contribution in [0.1, 0.15) is 27.2 Å². The Balaban J connectivity index is 1.77. The fraction of sp³-hybridized carbons (Fsp3) is 0.903. The number of hydrogen-bond donors (Lipinski definition) is 15. The molecule has 27 nitrogen and oxygen atoms in total. The Hall–Kier alpha value is -2.40. The summed E-state index contributed by atoms with van der Waals surface area (Å²) in [5, 5.41) is 132. The van der Waals surface area contributed by atoms with Gasteiger partial charge in [-0.25, -0.2) is 4.79 Å². The summed E-state index contributed by atoms with van der Waals surface area (Å²) in [5.41, 5.74) is 0. The average Bonchev–Trinajstić information content (AvgIpc) is 3.14. The van der Waals surface area contributed by atoms with E-state index in [1.165, 1.54) is 6.92 Å². The lowest BCUT2D eigenvalue weighted by atomic mass is 9.88. The molecule has 0 aromatic carbocycles. The number of amides is 2. The third-order valence-corrected chi connectivity index (χ3v) is 10.9. The summed E-state index contributed by atoms with van der Waals surface area (Å²) >= 11 is 0. The lowest BCUT2D eigenvalue weighted by molar-refractivity contribution is -0.388. The maximum Gasteiger partial charge on any atom is 0.364 e. The highest BCUT2D eigenvalue weighted by Gasteiger charge is 2.61. The number of carbonyl (C=O) groups is 3. The molecule has 4 heterocycles. The van der Waals surface area contributed by atoms with Crippen LogP contribution in [-0.4, -0.2) is 239 Å². The van der Waals surface area contributed by atoms with Crippen molar-refractivity contribution >= 4 is 27.9 Å². The summed E-state index contributed by atoms with van der Waals surface area (Å²) < 4.78 is 73.5. The van der Waals surface area contributed by atoms with Crippen LogP contribution in [0, 0.1) is 0 Å². The maximum atomic E-state index is 12.9. The van der Waals surface area contributed by atoms with Crippen LogP contribution in [0.15, 0.2) is 0 Å². The van der Waals surface area contributed by atoms with Gasteiger partial charge >= 0.3 is 5.97 Å². The second-order valence-corrected chi connectivity index (χ2v) is 16.1. The Morgan fingerprint density at radius 1 is 0.780 bits per heavy atom. The number of carbonyl (C=O) groups excluding carboxylic acids is 2. The van der Waals surface area contributed by atoms with Gasteiger partial charge in [-0.2, -0.15) is 8.42 Å². The standard InChI is InChI=1S/C31H52N2O25S/c1-8-17(40)20(43)21(44)28(52-8)56-25-16(33-10(3)37)27(46)53-14(7-59(49,50)51)23(25)55-29-22(45)26(19(42)13(6-35)54-29)58-31(30(47)48)4-11(38)15(32-9(2)36)24(57-31)18(41)12(39)5-34/h8,11-29,34-35,38-46H,4-7H2,1-3H3,(H,32,36)(H,33,37)(H,47,48)(H,49,50,51)/t8-,11-,12+,13+,14+,15+,16+,17+,18+,19-,20+,21-,22+,23+,24+,25+,26-,27+,28-,29-,31-/m0/s1. The minimum absolute atomic E-state index is 0.819. The Morgan fingerprint density at radius 3 is 1.90 bits per heavy atom. The van der Waals surface area contributed by atoms with Crippen molar-refractivity contribution in [3.63, 3.8) is 0 Å². The third kappa shape index (κ3) is 11.2. The molecule has 0 saturated carbocycles. The van der Waals surface area contributed by atoms with Crippen LogP contribution < -0.4 is 10.6 Å². The first kappa shape index (κ1) is 49.3. The monoisotopic (exact) mass is 884 g/mol. The first-order chi connectivity index (χ1) is 27.4. The number of carboxylic acids is 1. The smallest absolute Gasteiger partial charge is 0.364 e. The minimum atomic E-state index is -5.08. The van der Waals surface area contributed by atoms with E-state index >= 15 is 0 Å². The molecule has 4 rings (SSSR count). The fourth-order valence-electron chi connectivity index (χ4n) is 7.19. The molecule has 0 spiro atoms. The SMILES string of the molecule is CC(=O)N[C@@H]1[C@@H](O[C@@H]2O[C@@H](C)[C@@H](O)[C@@H](O)[C@@H]2O)[C@H](O[C@@H]2O[C@H](CO)[C@H](O)[C@H](O[C@]3(C(=O)O)C[C@H](O)[C@@H](NC(C)=O)[C@H]([C@H](O)[C@H](O)CO)O3)[C@H]2O)[C@@H](CS(=O)(=O)O)O[C@H]1O. The van der Waals surface area contributed by atoms with Crippen LogP contribution in [0.5, 0.6) is 0 Å². The van der Waals surface area contributed by atoms with Gasteiger partial charge in [-0.3, -0.25) is 14.1 Å². The van der Waals surface area contributed by atoms with Crippen LogP contribution in [0.25, 0.3) is 0 Å². The maximum absolute atomic E-state index is 12.9. The van der Waals surface area contributed by atoms with Gasteiger partial charge in [0.05, 0.1) is 31.5 Å². The summed E-state index contributed by atoms with van der Waals surface area (Å²) in [4.78, 5) is 37.1. The topological polar surface area (TPSA) is 437 Å². The van der Waals surface area contributed by atoms with Gasteiger partial charge in [-0.05, 0) is 6.92 Å². The lowest BCUT2D eigenvalue weighted by Crippen LogP contribution is -2.71. The molecule has 15 N–H and O–H groups in total. The van der Waals surface area contributed by atoms with Crippen LogP contribution in [0.3, 0.4) is 0 Å². The molecule has 0 aromatic heterocycles. The molecule has 21 atom stereocenters. The summed E-state index contributed by atoms with van der Waals surface area (Å²) in [6.45, 7) is 0.952. The molecule has 0 unspecified atom stereocenters. The Bertz CT molecular complexity index is 1560. The Morgan fingerprint density at radius 2 is 1.36 bits per heavy atom. The van der Waals surface area contributed by atoms with E-state index < -0.39 is 182 Å². The normalized spacial score (nSPS) is 44.3. The number of carboxylic acid groups (broad SMARTS) is 1. The summed E-state index contributed by atoms with van der Waals surface area (Å²) in [6, 6.07) is -3.46. The first-order valence-electron chi connectivity index (χ1n) is 18.1. The summed E-state index contributed by atoms with van der Waals surface area (Å²) in [6.07, 6.45) is -37.9. The molecule has 4 aliphatic heterocycles. The largest absolute Gasteiger partial charge is 0.477 e. The van der Waals surface area contributed by atoms with Crippen molar-refractivity contribution in [2.45, 2.75) is 155 Å². The van der Waals surface area contributed by atoms with Crippen molar-refractivity contribution in [2.24, 2.45) is 0 Å². The quantitative estimate of drug-likeness (QED) is 0.0679. The summed E-state index contributed by atoms with van der Waals surface area (Å²) in [7, 11) is -5.08. The van der Waals surface area contributed by atoms with Crippen molar-refractivity contribution in [3.8, 4) is 0 Å². The van der Waals surface area contributed by atoms with Crippen LogP contribution in [0.4, 0.5) is 0 Å². The summed E-state index contributed by atoms with van der Waals surface area (Å²) in [5.74, 6) is -8.40. The highest BCUT2D eigenvalue weighted by Crippen LogP contribution is 2.39. The molecule has 0 aliphatic carbocycles. The van der Waals surface area contributed by atoms with Gasteiger partial charge in [0, 0.05) is 20.3 Å². The molecule has 4 aliphatic rings. The predicted octanol–water partition coefficient (Wildman–Crippen LogP) is -9.33. The zero-order valence-electron chi connectivity index (χ0n) is 31.5. The Kier molecular flexibility index (Phi) is 16.5. The van der Waals surface area contributed by atoms with E-state index in [0.29, 0.717) is 0 Å². The van der Waals surface area contributed by atoms with Crippen molar-refractivity contribution in [3.05, 3.63) is 0 Å². The van der Waals surface area contributed by atoms with Gasteiger partial charge in [0.25, 0.3) is 15.9 Å². The molecular formula is C31H52N2O25S. The van der Waals surface area contributed by atoms with Crippen LogP contribution in [0.2, 0.25) is 0 Å². The molecular weight excluding hydrogens is 832 g/mol. The molecule has 0 bridgehead atoms. The van der Waals surface area contributed by atoms with Crippen molar-refractivity contribution in [1.82, 2.24) is 10.6 Å². The second kappa shape index (κ2) is 19.8. The lowest BCUT2D eigenvalue weighted by Gasteiger charge is -2.51. The number of aliphatic hydroxyl groups excluding tert-OH is 11. The van der Waals surface area contributed by atoms with Crippen molar-refractivity contribution in [1.29, 1.82) is 0 Å². The highest BCUT2D eigenvalue weighted by atomic mass is 32.2. The van der Waals surface area contributed by atoms with Gasteiger partial charge in [0.1, 0.15) is 91.1 Å². The van der Waals surface area contributed by atoms with E-state index in [4.69, 9.17) is 33.2 Å². The predicted molar refractivity (Wildman–Crippen MR) is 182 cm³/mol. The molecule has 0 aromatic rings. The number of nitrogens with one attached hydrogen (secondary N) is 2. The highest BCUT2D eigenvalue weighted by molar-refractivity contribution is 7.85. The van der Waals surface area contributed by atoms with Gasteiger partial charge in [-0.15, -0.1) is 0 Å². The fourth-order valence-corrected chi connectivity index (χ4v) is 7.87. The molecule has 59 heavy (non-hydrogen) atoms. The van der Waals surface area contributed by atoms with E-state index in [9.17, 15) is 88.6 Å². The average molecular weight is 885 g/mol. The third-order valence-electron chi connectivity index (χ3n) is 10.1. The molecule has 2 amide bonds. The second-order valence-electron chi connectivity index (χ2n) is 14.6. The number of aliphatic carboxylic acids is 1. The first-order valence-corrected chi connectivity index (χ1v) is 19.7. The number of rotatable bonds is 15. The molecule has 0 radical (unpaired) electrons. The number of aliphatic hydroxyl groups is 11. The van der Waals surface area contributed by atoms with E-state index in [0.717, 1.165) is 13.8 Å². The van der Waals surface area contributed by atoms with E-state index in [2.05, 4.69) is 10.6 Å². The number of hydrogen-bond acceptors (Lipinski definition) is 23. The van der Waals surface area contributed by atoms with Gasteiger partial charge < -0.3 is 105 Å². The van der Waals surface area contributed by atoms with Crippen LogP contribution in [-0.2, 0) is 57.7 Å². The van der Waals surface area contributed by atoms with Crippen molar-refractivity contribution in [2.75, 3.05) is 19.0 Å². The van der Waals surface area contributed by atoms with Gasteiger partial charge in [0.2, 0.25) is 11.8 Å². The van der Waals surface area contributed by atoms with Crippen LogP contribution >= 0.6 is 0 Å². The molecule has 28 heteroatoms. The zero-order chi connectivity index (χ0) is 44.5. The Labute approximate surface area is 334 Å². The van der Waals surface area contributed by atoms with Gasteiger partial charge in [0.15, 0.2) is 18.9 Å². The van der Waals surface area contributed by atoms with Crippen molar-refractivity contribution < 1.29 is 122 Å².